The second-order valence-electron chi connectivity index (χ2n) is 3.47. The molecule has 0 unspecified atom stereocenters. The number of halogens is 1. The Labute approximate surface area is 108 Å². The molecule has 94 valence electrons. The van der Waals surface area contributed by atoms with E-state index in [4.69, 9.17) is 16.3 Å². The van der Waals surface area contributed by atoms with Crippen LogP contribution in [0.3, 0.4) is 0 Å². The number of rotatable bonds is 4. The fourth-order valence-corrected chi connectivity index (χ4v) is 1.41. The molecule has 0 bridgehead atoms. The molecule has 0 aliphatic carbocycles. The first-order valence-electron chi connectivity index (χ1n) is 5.13. The maximum atomic E-state index is 11.6. The molecule has 0 aliphatic heterocycles. The second kappa shape index (κ2) is 5.50. The molecule has 7 heteroatoms. The lowest BCUT2D eigenvalue weighted by atomic mass is 10.3. The molecule has 1 aromatic carbocycles. The van der Waals surface area contributed by atoms with Crippen LogP contribution in [0, 0.1) is 6.92 Å². The molecule has 0 aliphatic rings. The maximum absolute atomic E-state index is 11.6. The zero-order valence-electron chi connectivity index (χ0n) is 9.51. The van der Waals surface area contributed by atoms with Crippen LogP contribution in [-0.2, 0) is 4.79 Å². The minimum atomic E-state index is -0.367. The van der Waals surface area contributed by atoms with Crippen LogP contribution < -0.4 is 10.1 Å². The van der Waals surface area contributed by atoms with Gasteiger partial charge in [0.25, 0.3) is 5.91 Å². The van der Waals surface area contributed by atoms with E-state index in [0.717, 1.165) is 0 Å². The van der Waals surface area contributed by atoms with Crippen LogP contribution in [0.1, 0.15) is 5.69 Å². The molecule has 0 fully saturated rings. The molecule has 0 saturated carbocycles. The summed E-state index contributed by atoms with van der Waals surface area (Å²) in [5.74, 6) is 0.362. The topological polar surface area (TPSA) is 77.3 Å². The third-order valence-electron chi connectivity index (χ3n) is 2.11. The zero-order chi connectivity index (χ0) is 13.0. The number of carbonyl (C=O) groups excluding carboxylic acids is 1. The third-order valence-corrected chi connectivity index (χ3v) is 2.42. The Balaban J connectivity index is 1.90. The second-order valence-corrected chi connectivity index (χ2v) is 3.87. The molecule has 0 spiro atoms. The van der Waals surface area contributed by atoms with E-state index in [1.165, 1.54) is 0 Å². The molecule has 18 heavy (non-hydrogen) atoms. The summed E-state index contributed by atoms with van der Waals surface area (Å²) in [5.41, 5.74) is 0.501. The predicted octanol–water partition coefficient (Wildman–Crippen LogP) is 2.05. The Morgan fingerprint density at radius 3 is 2.89 bits per heavy atom. The monoisotopic (exact) mass is 267 g/mol. The fraction of sp³-hybridized carbons (Fsp3) is 0.182. The molecular formula is C11H10ClN3O3. The van der Waals surface area contributed by atoms with Crippen LogP contribution >= 0.6 is 11.6 Å². The summed E-state index contributed by atoms with van der Waals surface area (Å²) in [7, 11) is 0. The van der Waals surface area contributed by atoms with Crippen LogP contribution in [0.4, 0.5) is 5.82 Å². The average molecular weight is 268 g/mol. The predicted molar refractivity (Wildman–Crippen MR) is 64.6 cm³/mol. The molecular weight excluding hydrogens is 258 g/mol. The van der Waals surface area contributed by atoms with Gasteiger partial charge in [0.1, 0.15) is 11.4 Å². The number of carbonyl (C=O) groups is 1. The van der Waals surface area contributed by atoms with E-state index in [0.29, 0.717) is 16.5 Å². The number of benzene rings is 1. The number of ether oxygens (including phenoxy) is 1. The van der Waals surface area contributed by atoms with E-state index in [1.807, 2.05) is 0 Å². The lowest BCUT2D eigenvalue weighted by Crippen LogP contribution is -2.20. The fourth-order valence-electron chi connectivity index (χ4n) is 1.22. The number of hydrogen-bond acceptors (Lipinski definition) is 5. The van der Waals surface area contributed by atoms with Gasteiger partial charge in [0.2, 0.25) is 0 Å². The van der Waals surface area contributed by atoms with Crippen LogP contribution in [0.25, 0.3) is 0 Å². The van der Waals surface area contributed by atoms with Gasteiger partial charge in [-0.25, -0.2) is 4.63 Å². The van der Waals surface area contributed by atoms with Gasteiger partial charge in [0.05, 0.1) is 5.02 Å². The van der Waals surface area contributed by atoms with Crippen LogP contribution in [0.15, 0.2) is 28.9 Å². The van der Waals surface area contributed by atoms with Crippen molar-refractivity contribution in [3.8, 4) is 5.75 Å². The van der Waals surface area contributed by atoms with Crippen molar-refractivity contribution in [1.82, 2.24) is 10.3 Å². The quantitative estimate of drug-likeness (QED) is 0.917. The lowest BCUT2D eigenvalue weighted by molar-refractivity contribution is -0.118. The molecule has 2 rings (SSSR count). The van der Waals surface area contributed by atoms with Gasteiger partial charge in [-0.2, -0.15) is 0 Å². The molecule has 0 saturated heterocycles. The highest BCUT2D eigenvalue weighted by Gasteiger charge is 2.10. The van der Waals surface area contributed by atoms with Crippen molar-refractivity contribution in [3.05, 3.63) is 35.0 Å². The van der Waals surface area contributed by atoms with Crippen LogP contribution in [0.5, 0.6) is 5.75 Å². The molecule has 6 nitrogen and oxygen atoms in total. The Hall–Kier alpha value is -2.08. The first-order valence-corrected chi connectivity index (χ1v) is 5.51. The molecule has 1 aromatic heterocycles. The minimum Gasteiger partial charge on any atom is -0.482 e. The van der Waals surface area contributed by atoms with Crippen LogP contribution in [0.2, 0.25) is 5.02 Å². The Morgan fingerprint density at radius 2 is 2.22 bits per heavy atom. The first-order chi connectivity index (χ1) is 8.66. The molecule has 1 amide bonds. The van der Waals surface area contributed by atoms with Crippen molar-refractivity contribution >= 4 is 23.3 Å². The van der Waals surface area contributed by atoms with Gasteiger partial charge in [0, 0.05) is 0 Å². The summed E-state index contributed by atoms with van der Waals surface area (Å²) >= 11 is 5.88. The van der Waals surface area contributed by atoms with E-state index in [-0.39, 0.29) is 18.3 Å². The van der Waals surface area contributed by atoms with Crippen LogP contribution in [-0.4, -0.2) is 22.8 Å². The average Bonchev–Trinajstić information content (AvgIpc) is 2.74. The van der Waals surface area contributed by atoms with Crippen molar-refractivity contribution in [2.24, 2.45) is 0 Å². The van der Waals surface area contributed by atoms with Gasteiger partial charge in [-0.1, -0.05) is 28.9 Å². The minimum absolute atomic E-state index is 0.171. The van der Waals surface area contributed by atoms with E-state index in [2.05, 4.69) is 20.3 Å². The van der Waals surface area contributed by atoms with E-state index in [1.54, 1.807) is 31.2 Å². The number of para-hydroxylation sites is 1. The van der Waals surface area contributed by atoms with Crippen molar-refractivity contribution in [3.63, 3.8) is 0 Å². The number of nitrogens with zero attached hydrogens (tertiary/aromatic N) is 2. The SMILES string of the molecule is Cc1nonc1NC(=O)COc1ccccc1Cl. The van der Waals surface area contributed by atoms with Crippen molar-refractivity contribution in [2.75, 3.05) is 11.9 Å². The Bertz CT molecular complexity index is 556. The zero-order valence-corrected chi connectivity index (χ0v) is 10.3. The standard InChI is InChI=1S/C11H10ClN3O3/c1-7-11(15-18-14-7)13-10(16)6-17-9-5-3-2-4-8(9)12/h2-5H,6H2,1H3,(H,13,15,16). The van der Waals surface area contributed by atoms with Crippen molar-refractivity contribution in [1.29, 1.82) is 0 Å². The summed E-state index contributed by atoms with van der Waals surface area (Å²) in [5, 5.41) is 10.0. The summed E-state index contributed by atoms with van der Waals surface area (Å²) in [6.45, 7) is 1.50. The van der Waals surface area contributed by atoms with E-state index >= 15 is 0 Å². The van der Waals surface area contributed by atoms with Gasteiger partial charge < -0.3 is 10.1 Å². The number of aromatic nitrogens is 2. The lowest BCUT2D eigenvalue weighted by Gasteiger charge is -2.06. The third kappa shape index (κ3) is 2.98. The number of amides is 1. The summed E-state index contributed by atoms with van der Waals surface area (Å²) in [6, 6.07) is 6.91. The number of nitrogens with one attached hydrogen (secondary N) is 1. The van der Waals surface area contributed by atoms with E-state index < -0.39 is 0 Å². The Morgan fingerprint density at radius 1 is 1.44 bits per heavy atom. The first kappa shape index (κ1) is 12.4. The highest BCUT2D eigenvalue weighted by Crippen LogP contribution is 2.22. The highest BCUT2D eigenvalue weighted by molar-refractivity contribution is 6.32. The smallest absolute Gasteiger partial charge is 0.263 e. The summed E-state index contributed by atoms with van der Waals surface area (Å²) in [4.78, 5) is 11.6. The van der Waals surface area contributed by atoms with Gasteiger partial charge in [-0.15, -0.1) is 0 Å². The maximum Gasteiger partial charge on any atom is 0.263 e. The van der Waals surface area contributed by atoms with Gasteiger partial charge in [-0.3, -0.25) is 4.79 Å². The Kier molecular flexibility index (Phi) is 3.78. The highest BCUT2D eigenvalue weighted by atomic mass is 35.5. The van der Waals surface area contributed by atoms with E-state index in [9.17, 15) is 4.79 Å². The number of aryl methyl sites for hydroxylation is 1. The largest absolute Gasteiger partial charge is 0.482 e. The number of hydrogen-bond donors (Lipinski definition) is 1. The van der Waals surface area contributed by atoms with Crippen molar-refractivity contribution in [2.45, 2.75) is 6.92 Å². The molecule has 2 aromatic rings. The van der Waals surface area contributed by atoms with Gasteiger partial charge >= 0.3 is 0 Å². The molecule has 1 N–H and O–H groups in total. The summed E-state index contributed by atoms with van der Waals surface area (Å²) in [6.07, 6.45) is 0. The molecule has 1 heterocycles. The molecule has 0 radical (unpaired) electrons. The normalized spacial score (nSPS) is 10.1. The van der Waals surface area contributed by atoms with Gasteiger partial charge in [0.15, 0.2) is 12.4 Å². The summed E-state index contributed by atoms with van der Waals surface area (Å²) < 4.78 is 9.72. The molecule has 0 atom stereocenters. The number of anilines is 1. The van der Waals surface area contributed by atoms with Crippen molar-refractivity contribution < 1.29 is 14.2 Å². The van der Waals surface area contributed by atoms with Gasteiger partial charge in [-0.05, 0) is 24.2 Å².